The van der Waals surface area contributed by atoms with Crippen molar-refractivity contribution >= 4 is 55.8 Å². The van der Waals surface area contributed by atoms with E-state index in [0.29, 0.717) is 55.7 Å². The number of fused-ring (bicyclic) bond motifs is 6. The summed E-state index contributed by atoms with van der Waals surface area (Å²) in [7, 11) is 6.01. The van der Waals surface area contributed by atoms with Crippen LogP contribution in [0.25, 0.3) is 43.9 Å². The number of furan rings is 2. The molecular weight excluding hydrogens is 472 g/mol. The van der Waals surface area contributed by atoms with Gasteiger partial charge in [-0.3, -0.25) is 9.59 Å². The highest BCUT2D eigenvalue weighted by Crippen LogP contribution is 2.52. The summed E-state index contributed by atoms with van der Waals surface area (Å²) >= 11 is 0. The van der Waals surface area contributed by atoms with E-state index in [-0.39, 0.29) is 22.7 Å². The maximum Gasteiger partial charge on any atom is 0.308 e. The van der Waals surface area contributed by atoms with Crippen LogP contribution in [0.2, 0.25) is 0 Å². The molecule has 0 radical (unpaired) electrons. The van der Waals surface area contributed by atoms with Crippen molar-refractivity contribution in [2.45, 2.75) is 13.8 Å². The highest BCUT2D eigenvalue weighted by Gasteiger charge is 2.30. The van der Waals surface area contributed by atoms with Gasteiger partial charge in [-0.1, -0.05) is 0 Å². The van der Waals surface area contributed by atoms with Gasteiger partial charge in [-0.15, -0.1) is 0 Å². The van der Waals surface area contributed by atoms with Crippen LogP contribution in [0, 0.1) is 0 Å². The van der Waals surface area contributed by atoms with Gasteiger partial charge in [0.15, 0.2) is 45.7 Å². The van der Waals surface area contributed by atoms with Gasteiger partial charge in [-0.05, 0) is 12.1 Å². The predicted octanol–water partition coefficient (Wildman–Crippen LogP) is 5.37. The van der Waals surface area contributed by atoms with Gasteiger partial charge in [0.1, 0.15) is 11.2 Å². The lowest BCUT2D eigenvalue weighted by atomic mass is 10.1. The largest absolute Gasteiger partial charge is 0.493 e. The zero-order chi connectivity index (χ0) is 25.7. The zero-order valence-electron chi connectivity index (χ0n) is 20.4. The van der Waals surface area contributed by atoms with Gasteiger partial charge in [0, 0.05) is 36.8 Å². The molecule has 0 atom stereocenters. The van der Waals surface area contributed by atoms with Gasteiger partial charge in [-0.2, -0.15) is 0 Å². The number of hydrogen-bond donors (Lipinski definition) is 0. The number of ether oxygens (including phenoxy) is 6. The second-order valence-electron chi connectivity index (χ2n) is 7.86. The quantitative estimate of drug-likeness (QED) is 0.225. The Morgan fingerprint density at radius 2 is 0.917 bits per heavy atom. The molecule has 36 heavy (non-hydrogen) atoms. The standard InChI is InChI=1S/C26H22O10/c1-11(27)33-23-21-13-7-17(29-3)19(31-5)9-15(13)36-26(21)24(34-12(2)28)22-14-8-18(30-4)20(32-6)10-16(14)35-25(22)23/h7-10H,1-6H3. The van der Waals surface area contributed by atoms with E-state index < -0.39 is 11.9 Å². The maximum atomic E-state index is 12.2. The van der Waals surface area contributed by atoms with E-state index in [1.54, 1.807) is 24.3 Å². The molecule has 2 aromatic heterocycles. The second kappa shape index (κ2) is 8.56. The Kier molecular flexibility index (Phi) is 5.51. The van der Waals surface area contributed by atoms with E-state index in [1.807, 2.05) is 0 Å². The molecule has 0 aliphatic rings. The fourth-order valence-electron chi connectivity index (χ4n) is 4.33. The molecule has 10 nitrogen and oxygen atoms in total. The Bertz CT molecular complexity index is 1560. The van der Waals surface area contributed by atoms with Gasteiger partial charge >= 0.3 is 11.9 Å². The van der Waals surface area contributed by atoms with Crippen LogP contribution in [0.1, 0.15) is 13.8 Å². The SMILES string of the molecule is COc1cc2oc3c(OC(C)=O)c4c(oc5cc(OC)c(OC)cc54)c(OC(C)=O)c3c2cc1OC. The molecule has 5 rings (SSSR count). The number of methoxy groups -OCH3 is 4. The molecule has 186 valence electrons. The first kappa shape index (κ1) is 23.2. The topological polar surface area (TPSA) is 116 Å². The third-order valence-electron chi connectivity index (χ3n) is 5.75. The van der Waals surface area contributed by atoms with Crippen molar-refractivity contribution in [2.24, 2.45) is 0 Å². The van der Waals surface area contributed by atoms with E-state index >= 15 is 0 Å². The Balaban J connectivity index is 2.04. The van der Waals surface area contributed by atoms with Crippen molar-refractivity contribution in [1.82, 2.24) is 0 Å². The molecule has 5 aromatic rings. The lowest BCUT2D eigenvalue weighted by Gasteiger charge is -2.10. The van der Waals surface area contributed by atoms with Crippen LogP contribution < -0.4 is 28.4 Å². The minimum atomic E-state index is -0.580. The van der Waals surface area contributed by atoms with Crippen LogP contribution in [-0.2, 0) is 9.59 Å². The van der Waals surface area contributed by atoms with Gasteiger partial charge in [-0.25, -0.2) is 0 Å². The molecule has 0 saturated heterocycles. The van der Waals surface area contributed by atoms with Crippen molar-refractivity contribution in [3.63, 3.8) is 0 Å². The van der Waals surface area contributed by atoms with Crippen LogP contribution in [0.5, 0.6) is 34.5 Å². The van der Waals surface area contributed by atoms with Crippen molar-refractivity contribution in [3.05, 3.63) is 24.3 Å². The van der Waals surface area contributed by atoms with E-state index in [0.717, 1.165) is 0 Å². The van der Waals surface area contributed by atoms with Crippen molar-refractivity contribution in [2.75, 3.05) is 28.4 Å². The lowest BCUT2D eigenvalue weighted by molar-refractivity contribution is -0.132. The molecule has 10 heteroatoms. The molecule has 0 spiro atoms. The van der Waals surface area contributed by atoms with Crippen LogP contribution in [0.3, 0.4) is 0 Å². The summed E-state index contributed by atoms with van der Waals surface area (Å²) in [4.78, 5) is 24.4. The summed E-state index contributed by atoms with van der Waals surface area (Å²) in [5.41, 5.74) is 1.13. The Hall–Kier alpha value is -4.60. The fraction of sp³-hybridized carbons (Fsp3) is 0.231. The third kappa shape index (κ3) is 3.41. The maximum absolute atomic E-state index is 12.2. The fourth-order valence-corrected chi connectivity index (χ4v) is 4.33. The minimum absolute atomic E-state index is 0.100. The molecule has 0 saturated carbocycles. The number of hydrogen-bond acceptors (Lipinski definition) is 10. The van der Waals surface area contributed by atoms with Crippen molar-refractivity contribution in [3.8, 4) is 34.5 Å². The van der Waals surface area contributed by atoms with Crippen LogP contribution in [0.15, 0.2) is 33.1 Å². The first-order valence-electron chi connectivity index (χ1n) is 10.8. The van der Waals surface area contributed by atoms with E-state index in [4.69, 9.17) is 37.3 Å². The number of carbonyl (C=O) groups excluding carboxylic acids is 2. The monoisotopic (exact) mass is 494 g/mol. The zero-order valence-corrected chi connectivity index (χ0v) is 20.4. The predicted molar refractivity (Wildman–Crippen MR) is 130 cm³/mol. The summed E-state index contributed by atoms with van der Waals surface area (Å²) < 4.78 is 45.4. The normalized spacial score (nSPS) is 11.3. The summed E-state index contributed by atoms with van der Waals surface area (Å²) in [6.45, 7) is 2.55. The summed E-state index contributed by atoms with van der Waals surface area (Å²) in [6, 6.07) is 6.64. The Morgan fingerprint density at radius 1 is 0.583 bits per heavy atom. The van der Waals surface area contributed by atoms with Gasteiger partial charge in [0.25, 0.3) is 0 Å². The average Bonchev–Trinajstić information content (AvgIpc) is 3.41. The lowest BCUT2D eigenvalue weighted by Crippen LogP contribution is -2.05. The van der Waals surface area contributed by atoms with Crippen LogP contribution in [-0.4, -0.2) is 40.4 Å². The molecule has 0 aliphatic carbocycles. The third-order valence-corrected chi connectivity index (χ3v) is 5.75. The van der Waals surface area contributed by atoms with E-state index in [9.17, 15) is 9.59 Å². The first-order chi connectivity index (χ1) is 17.3. The highest BCUT2D eigenvalue weighted by molar-refractivity contribution is 6.24. The molecule has 0 aliphatic heterocycles. The van der Waals surface area contributed by atoms with Crippen LogP contribution in [0.4, 0.5) is 0 Å². The van der Waals surface area contributed by atoms with Crippen LogP contribution >= 0.6 is 0 Å². The number of rotatable bonds is 6. The minimum Gasteiger partial charge on any atom is -0.493 e. The van der Waals surface area contributed by atoms with Gasteiger partial charge < -0.3 is 37.3 Å². The molecular formula is C26H22O10. The Labute approximate surface area is 204 Å². The second-order valence-corrected chi connectivity index (χ2v) is 7.86. The molecule has 2 heterocycles. The van der Waals surface area contributed by atoms with Crippen molar-refractivity contribution < 1.29 is 46.8 Å². The summed E-state index contributed by atoms with van der Waals surface area (Å²) in [5, 5.41) is 1.79. The molecule has 0 bridgehead atoms. The summed E-state index contributed by atoms with van der Waals surface area (Å²) in [6.07, 6.45) is 0. The molecule has 3 aromatic carbocycles. The number of benzene rings is 3. The van der Waals surface area contributed by atoms with Gasteiger partial charge in [0.05, 0.1) is 39.2 Å². The van der Waals surface area contributed by atoms with E-state index in [1.165, 1.54) is 42.3 Å². The number of carbonyl (C=O) groups is 2. The van der Waals surface area contributed by atoms with Gasteiger partial charge in [0.2, 0.25) is 0 Å². The van der Waals surface area contributed by atoms with Crippen molar-refractivity contribution in [1.29, 1.82) is 0 Å². The van der Waals surface area contributed by atoms with E-state index in [2.05, 4.69) is 0 Å². The molecule has 0 amide bonds. The molecule has 0 N–H and O–H groups in total. The summed E-state index contributed by atoms with van der Waals surface area (Å²) in [5.74, 6) is 0.749. The Morgan fingerprint density at radius 3 is 1.22 bits per heavy atom. The smallest absolute Gasteiger partial charge is 0.308 e. The molecule has 0 unspecified atom stereocenters. The number of esters is 2. The highest BCUT2D eigenvalue weighted by atomic mass is 16.6. The average molecular weight is 494 g/mol. The first-order valence-corrected chi connectivity index (χ1v) is 10.8. The molecule has 0 fully saturated rings.